The summed E-state index contributed by atoms with van der Waals surface area (Å²) in [5.41, 5.74) is 2.29. The van der Waals surface area contributed by atoms with Crippen molar-refractivity contribution in [3.05, 3.63) is 33.9 Å². The molecule has 6 nitrogen and oxygen atoms in total. The van der Waals surface area contributed by atoms with Crippen molar-refractivity contribution in [1.82, 2.24) is 19.8 Å². The first-order chi connectivity index (χ1) is 12.2. The third kappa shape index (κ3) is 3.65. The molecular weight excluding hydrogens is 352 g/mol. The summed E-state index contributed by atoms with van der Waals surface area (Å²) < 4.78 is 7.24. The van der Waals surface area contributed by atoms with Gasteiger partial charge in [0.15, 0.2) is 5.69 Å². The van der Waals surface area contributed by atoms with E-state index in [1.807, 2.05) is 6.92 Å². The Balaban J connectivity index is 1.78. The second-order valence-electron chi connectivity index (χ2n) is 8.18. The molecule has 0 fully saturated rings. The minimum absolute atomic E-state index is 0.147. The van der Waals surface area contributed by atoms with E-state index in [0.29, 0.717) is 28.9 Å². The number of hydrogen-bond acceptors (Lipinski definition) is 4. The van der Waals surface area contributed by atoms with Crippen molar-refractivity contribution in [3.63, 3.8) is 0 Å². The van der Waals surface area contributed by atoms with E-state index in [9.17, 15) is 4.79 Å². The maximum absolute atomic E-state index is 13.0. The lowest BCUT2D eigenvalue weighted by molar-refractivity contribution is 0.0771. The quantitative estimate of drug-likeness (QED) is 0.807. The predicted octanol–water partition coefficient (Wildman–Crippen LogP) is 3.97. The van der Waals surface area contributed by atoms with E-state index in [0.717, 1.165) is 37.1 Å². The topological polar surface area (TPSA) is 64.2 Å². The summed E-state index contributed by atoms with van der Waals surface area (Å²) in [6.07, 6.45) is 4.52. The molecule has 7 heteroatoms. The first-order valence-electron chi connectivity index (χ1n) is 9.15. The van der Waals surface area contributed by atoms with E-state index < -0.39 is 0 Å². The summed E-state index contributed by atoms with van der Waals surface area (Å²) in [6, 6.07) is 0. The molecule has 0 spiro atoms. The van der Waals surface area contributed by atoms with Crippen molar-refractivity contribution >= 4 is 17.5 Å². The molecule has 2 heterocycles. The monoisotopic (exact) mass is 378 g/mol. The van der Waals surface area contributed by atoms with Crippen LogP contribution in [0.5, 0.6) is 0 Å². The molecule has 0 bridgehead atoms. The van der Waals surface area contributed by atoms with Gasteiger partial charge in [-0.3, -0.25) is 9.48 Å². The van der Waals surface area contributed by atoms with E-state index in [1.165, 1.54) is 0 Å². The van der Waals surface area contributed by atoms with E-state index in [2.05, 4.69) is 31.0 Å². The summed E-state index contributed by atoms with van der Waals surface area (Å²) in [4.78, 5) is 14.6. The molecule has 1 atom stereocenters. The summed E-state index contributed by atoms with van der Waals surface area (Å²) in [5.74, 6) is 1.23. The lowest BCUT2D eigenvalue weighted by Crippen LogP contribution is -2.30. The number of nitrogens with zero attached hydrogens (tertiary/aromatic N) is 4. The number of aromatic nitrogens is 3. The Bertz CT molecular complexity index is 803. The number of aryl methyl sites for hydroxylation is 2. The largest absolute Gasteiger partial charge is 0.360 e. The van der Waals surface area contributed by atoms with Gasteiger partial charge in [0.2, 0.25) is 0 Å². The lowest BCUT2D eigenvalue weighted by atomic mass is 9.71. The minimum atomic E-state index is -0.147. The van der Waals surface area contributed by atoms with Crippen LogP contribution in [-0.4, -0.2) is 32.8 Å². The Labute approximate surface area is 159 Å². The fraction of sp³-hybridized carbons (Fsp3) is 0.632. The van der Waals surface area contributed by atoms with Gasteiger partial charge in [-0.2, -0.15) is 5.10 Å². The highest BCUT2D eigenvalue weighted by atomic mass is 35.5. The second kappa shape index (κ2) is 7.06. The fourth-order valence-electron chi connectivity index (χ4n) is 3.49. The zero-order valence-electron chi connectivity index (χ0n) is 16.2. The highest BCUT2D eigenvalue weighted by Crippen LogP contribution is 2.38. The van der Waals surface area contributed by atoms with Crippen molar-refractivity contribution < 1.29 is 9.32 Å². The van der Waals surface area contributed by atoms with Crippen LogP contribution in [0.1, 0.15) is 61.6 Å². The first-order valence-corrected chi connectivity index (χ1v) is 9.53. The Morgan fingerprint density at radius 2 is 2.19 bits per heavy atom. The maximum Gasteiger partial charge on any atom is 0.276 e. The summed E-state index contributed by atoms with van der Waals surface area (Å²) in [5, 5.41) is 9.08. The molecule has 2 aromatic heterocycles. The Hall–Kier alpha value is -1.82. The molecule has 0 saturated heterocycles. The van der Waals surface area contributed by atoms with Crippen molar-refractivity contribution in [2.45, 2.75) is 60.0 Å². The summed E-state index contributed by atoms with van der Waals surface area (Å²) in [7, 11) is 1.74. The molecule has 0 aromatic carbocycles. The third-order valence-electron chi connectivity index (χ3n) is 5.31. The van der Waals surface area contributed by atoms with Crippen LogP contribution in [0, 0.1) is 11.3 Å². The molecule has 142 valence electrons. The molecular formula is C19H27ClN4O2. The minimum Gasteiger partial charge on any atom is -0.360 e. The Kier molecular flexibility index (Phi) is 5.15. The van der Waals surface area contributed by atoms with Crippen molar-refractivity contribution in [3.8, 4) is 0 Å². The zero-order chi connectivity index (χ0) is 19.1. The lowest BCUT2D eigenvalue weighted by Gasteiger charge is -2.33. The van der Waals surface area contributed by atoms with Crippen molar-refractivity contribution in [2.24, 2.45) is 11.3 Å². The molecule has 0 aliphatic heterocycles. The van der Waals surface area contributed by atoms with Crippen LogP contribution in [-0.2, 0) is 25.9 Å². The van der Waals surface area contributed by atoms with Crippen LogP contribution in [0.2, 0.25) is 5.02 Å². The molecule has 1 aliphatic rings. The maximum atomic E-state index is 13.0. The van der Waals surface area contributed by atoms with Crippen LogP contribution in [0.15, 0.2) is 10.7 Å². The predicted molar refractivity (Wildman–Crippen MR) is 100 cm³/mol. The van der Waals surface area contributed by atoms with Gasteiger partial charge < -0.3 is 9.42 Å². The van der Waals surface area contributed by atoms with Gasteiger partial charge in [0.1, 0.15) is 11.5 Å². The van der Waals surface area contributed by atoms with E-state index >= 15 is 0 Å². The van der Waals surface area contributed by atoms with Gasteiger partial charge in [-0.1, -0.05) is 37.5 Å². The van der Waals surface area contributed by atoms with Crippen molar-refractivity contribution in [2.75, 3.05) is 7.05 Å². The number of carbonyl (C=O) groups is 1. The second-order valence-corrected chi connectivity index (χ2v) is 8.59. The molecule has 26 heavy (non-hydrogen) atoms. The number of carbonyl (C=O) groups excluding carboxylic acids is 1. The van der Waals surface area contributed by atoms with Gasteiger partial charge in [0.25, 0.3) is 5.91 Å². The van der Waals surface area contributed by atoms with Gasteiger partial charge in [0.05, 0.1) is 11.6 Å². The molecule has 2 aromatic rings. The van der Waals surface area contributed by atoms with Gasteiger partial charge in [-0.15, -0.1) is 0 Å². The molecule has 1 unspecified atom stereocenters. The molecule has 0 radical (unpaired) electrons. The highest BCUT2D eigenvalue weighted by molar-refractivity contribution is 6.31. The molecule has 1 aliphatic carbocycles. The number of halogens is 1. The van der Waals surface area contributed by atoms with Crippen molar-refractivity contribution in [1.29, 1.82) is 0 Å². The van der Waals surface area contributed by atoms with Gasteiger partial charge in [-0.05, 0) is 31.1 Å². The van der Waals surface area contributed by atoms with Crippen LogP contribution in [0.4, 0.5) is 0 Å². The van der Waals surface area contributed by atoms with E-state index in [1.54, 1.807) is 22.8 Å². The average Bonchev–Trinajstić information content (AvgIpc) is 3.16. The summed E-state index contributed by atoms with van der Waals surface area (Å²) in [6.45, 7) is 9.81. The smallest absolute Gasteiger partial charge is 0.276 e. The number of fused-ring (bicyclic) bond motifs is 1. The normalized spacial score (nSPS) is 17.2. The van der Waals surface area contributed by atoms with Gasteiger partial charge in [0, 0.05) is 31.8 Å². The molecule has 0 N–H and O–H groups in total. The standard InChI is InChI=1S/C19H27ClN4O2/c1-6-24-10-14(20)15(21-24)11-23(5)18(25)17-13-9-12(19(2,3)4)7-8-16(13)26-22-17/h10,12H,6-9,11H2,1-5H3. The summed E-state index contributed by atoms with van der Waals surface area (Å²) >= 11 is 6.23. The van der Waals surface area contributed by atoms with E-state index in [4.69, 9.17) is 16.1 Å². The van der Waals surface area contributed by atoms with Gasteiger partial charge in [-0.25, -0.2) is 0 Å². The third-order valence-corrected chi connectivity index (χ3v) is 5.63. The molecule has 1 amide bonds. The Morgan fingerprint density at radius 1 is 1.46 bits per heavy atom. The van der Waals surface area contributed by atoms with Crippen LogP contribution < -0.4 is 0 Å². The molecule has 3 rings (SSSR count). The fourth-order valence-corrected chi connectivity index (χ4v) is 3.70. The van der Waals surface area contributed by atoms with Crippen LogP contribution in [0.3, 0.4) is 0 Å². The molecule has 0 saturated carbocycles. The number of amides is 1. The zero-order valence-corrected chi connectivity index (χ0v) is 16.9. The van der Waals surface area contributed by atoms with Crippen LogP contribution in [0.25, 0.3) is 0 Å². The number of rotatable bonds is 4. The highest BCUT2D eigenvalue weighted by Gasteiger charge is 2.34. The average molecular weight is 379 g/mol. The number of hydrogen-bond donors (Lipinski definition) is 0. The SMILES string of the molecule is CCn1cc(Cl)c(CN(C)C(=O)c2noc3c2CC(C(C)(C)C)CC3)n1. The first kappa shape index (κ1) is 19.0. The van der Waals surface area contributed by atoms with E-state index in [-0.39, 0.29) is 11.3 Å². The van der Waals surface area contributed by atoms with Gasteiger partial charge >= 0.3 is 0 Å². The van der Waals surface area contributed by atoms with Crippen LogP contribution >= 0.6 is 11.6 Å². The Morgan fingerprint density at radius 3 is 2.81 bits per heavy atom.